The van der Waals surface area contributed by atoms with E-state index >= 15 is 0 Å². The molecule has 22 heavy (non-hydrogen) atoms. The van der Waals surface area contributed by atoms with Crippen molar-refractivity contribution in [1.82, 2.24) is 5.32 Å². The molecular formula is C17H25ClN2OS. The number of nitrogens with zero attached hydrogens (tertiary/aromatic N) is 1. The third-order valence-electron chi connectivity index (χ3n) is 4.82. The molecule has 1 aliphatic carbocycles. The van der Waals surface area contributed by atoms with Gasteiger partial charge in [0.1, 0.15) is 0 Å². The van der Waals surface area contributed by atoms with Crippen LogP contribution in [0, 0.1) is 11.8 Å². The molecule has 5 heteroatoms. The van der Waals surface area contributed by atoms with Crippen LogP contribution in [0.3, 0.4) is 0 Å². The molecule has 0 aromatic rings. The molecule has 0 radical (unpaired) electrons. The highest BCUT2D eigenvalue weighted by Crippen LogP contribution is 2.52. The van der Waals surface area contributed by atoms with Crippen molar-refractivity contribution in [2.24, 2.45) is 16.8 Å². The fourth-order valence-electron chi connectivity index (χ4n) is 3.78. The van der Waals surface area contributed by atoms with Crippen LogP contribution >= 0.6 is 24.2 Å². The Kier molecular flexibility index (Phi) is 5.78. The van der Waals surface area contributed by atoms with Gasteiger partial charge in [-0.15, -0.1) is 24.2 Å². The number of carbonyl (C=O) groups excluding carboxylic acids is 1. The molecule has 0 aromatic heterocycles. The van der Waals surface area contributed by atoms with Gasteiger partial charge in [0.2, 0.25) is 5.91 Å². The van der Waals surface area contributed by atoms with Crippen LogP contribution in [-0.4, -0.2) is 34.7 Å². The van der Waals surface area contributed by atoms with E-state index in [1.807, 2.05) is 11.8 Å². The predicted molar refractivity (Wildman–Crippen MR) is 97.1 cm³/mol. The number of carbonyl (C=O) groups is 1. The summed E-state index contributed by atoms with van der Waals surface area (Å²) in [6.45, 7) is 5.12. The Morgan fingerprint density at radius 1 is 1.55 bits per heavy atom. The Labute approximate surface area is 143 Å². The van der Waals surface area contributed by atoms with Gasteiger partial charge in [0, 0.05) is 18.3 Å². The fourth-order valence-corrected chi connectivity index (χ4v) is 5.57. The lowest BCUT2D eigenvalue weighted by molar-refractivity contribution is -0.126. The minimum atomic E-state index is -0.0387. The minimum absolute atomic E-state index is 0. The van der Waals surface area contributed by atoms with Crippen molar-refractivity contribution >= 4 is 35.8 Å². The average Bonchev–Trinajstić information content (AvgIpc) is 2.85. The quantitative estimate of drug-likeness (QED) is 0.852. The van der Waals surface area contributed by atoms with Crippen LogP contribution in [0.1, 0.15) is 33.1 Å². The number of thioether (sulfide) groups is 1. The summed E-state index contributed by atoms with van der Waals surface area (Å²) in [6.07, 6.45) is 11.8. The lowest BCUT2D eigenvalue weighted by Crippen LogP contribution is -2.47. The zero-order chi connectivity index (χ0) is 14.9. The first-order valence-corrected chi connectivity index (χ1v) is 9.01. The van der Waals surface area contributed by atoms with E-state index in [-0.39, 0.29) is 35.0 Å². The Bertz CT molecular complexity index is 517. The molecule has 0 saturated carbocycles. The molecule has 122 valence electrons. The third kappa shape index (κ3) is 3.00. The van der Waals surface area contributed by atoms with Crippen LogP contribution in [0.4, 0.5) is 0 Å². The molecule has 1 spiro atoms. The van der Waals surface area contributed by atoms with Gasteiger partial charge in [-0.3, -0.25) is 9.79 Å². The second-order valence-electron chi connectivity index (χ2n) is 6.29. The van der Waals surface area contributed by atoms with Gasteiger partial charge in [0.15, 0.2) is 0 Å². The number of amides is 1. The number of nitrogens with one attached hydrogen (secondary N) is 1. The molecular weight excluding hydrogens is 316 g/mol. The van der Waals surface area contributed by atoms with Crippen LogP contribution in [0.5, 0.6) is 0 Å². The largest absolute Gasteiger partial charge is 0.353 e. The molecule has 0 bridgehead atoms. The van der Waals surface area contributed by atoms with Gasteiger partial charge >= 0.3 is 0 Å². The number of allylic oxidation sites excluding steroid dienone is 3. The fraction of sp³-hybridized carbons (Fsp3) is 0.647. The van der Waals surface area contributed by atoms with Gasteiger partial charge in [-0.05, 0) is 31.8 Å². The summed E-state index contributed by atoms with van der Waals surface area (Å²) in [5, 5.41) is 3.21. The van der Waals surface area contributed by atoms with Gasteiger partial charge < -0.3 is 5.32 Å². The van der Waals surface area contributed by atoms with Crippen molar-refractivity contribution in [3.05, 3.63) is 24.3 Å². The van der Waals surface area contributed by atoms with Crippen LogP contribution in [0.25, 0.3) is 0 Å². The first kappa shape index (κ1) is 17.6. The lowest BCUT2D eigenvalue weighted by Gasteiger charge is -2.38. The Morgan fingerprint density at radius 3 is 3.14 bits per heavy atom. The van der Waals surface area contributed by atoms with Crippen LogP contribution in [-0.2, 0) is 4.79 Å². The zero-order valence-electron chi connectivity index (χ0n) is 13.2. The van der Waals surface area contributed by atoms with E-state index in [0.29, 0.717) is 5.92 Å². The van der Waals surface area contributed by atoms with E-state index in [2.05, 4.69) is 43.5 Å². The molecule has 4 unspecified atom stereocenters. The Morgan fingerprint density at radius 2 is 2.36 bits per heavy atom. The molecule has 1 saturated heterocycles. The monoisotopic (exact) mass is 340 g/mol. The number of halogens is 1. The third-order valence-corrected chi connectivity index (χ3v) is 6.47. The molecule has 2 heterocycles. The highest BCUT2D eigenvalue weighted by atomic mass is 35.5. The van der Waals surface area contributed by atoms with Crippen molar-refractivity contribution < 1.29 is 4.79 Å². The van der Waals surface area contributed by atoms with Crippen molar-refractivity contribution in [3.8, 4) is 0 Å². The Hall–Kier alpha value is -0.740. The van der Waals surface area contributed by atoms with Crippen molar-refractivity contribution in [2.75, 3.05) is 12.3 Å². The van der Waals surface area contributed by atoms with Crippen LogP contribution in [0.2, 0.25) is 0 Å². The molecule has 0 aromatic carbocycles. The highest BCUT2D eigenvalue weighted by molar-refractivity contribution is 8.02. The molecule has 1 N–H and O–H groups in total. The second kappa shape index (κ2) is 7.22. The van der Waals surface area contributed by atoms with E-state index in [1.165, 1.54) is 5.71 Å². The van der Waals surface area contributed by atoms with Crippen LogP contribution < -0.4 is 5.32 Å². The normalized spacial score (nSPS) is 33.3. The summed E-state index contributed by atoms with van der Waals surface area (Å²) in [6, 6.07) is 0.280. The Balaban J connectivity index is 0.00000176. The van der Waals surface area contributed by atoms with Gasteiger partial charge in [0.25, 0.3) is 0 Å². The highest BCUT2D eigenvalue weighted by Gasteiger charge is 2.54. The summed E-state index contributed by atoms with van der Waals surface area (Å²) in [4.78, 5) is 17.3. The minimum Gasteiger partial charge on any atom is -0.353 e. The lowest BCUT2D eigenvalue weighted by atomic mass is 9.74. The van der Waals surface area contributed by atoms with Gasteiger partial charge in [-0.1, -0.05) is 31.6 Å². The van der Waals surface area contributed by atoms with Crippen molar-refractivity contribution in [1.29, 1.82) is 0 Å². The van der Waals surface area contributed by atoms with Gasteiger partial charge in [0.05, 0.1) is 16.4 Å². The second-order valence-corrected chi connectivity index (χ2v) is 7.59. The molecule has 3 aliphatic rings. The van der Waals surface area contributed by atoms with Crippen molar-refractivity contribution in [3.63, 3.8) is 0 Å². The maximum absolute atomic E-state index is 12.7. The van der Waals surface area contributed by atoms with Crippen LogP contribution in [0.15, 0.2) is 29.3 Å². The van der Waals surface area contributed by atoms with E-state index < -0.39 is 0 Å². The maximum Gasteiger partial charge on any atom is 0.224 e. The maximum atomic E-state index is 12.7. The number of hydrogen-bond donors (Lipinski definition) is 1. The topological polar surface area (TPSA) is 41.5 Å². The van der Waals surface area contributed by atoms with E-state index in [4.69, 9.17) is 4.99 Å². The SMILES string of the molecule is CCCC(C)NC(=O)C1CSC23C=CC=CC2=NCCC13.Cl. The standard InChI is InChI=1S/C17H24N2OS.ClH/c1-3-6-12(2)19-16(20)13-11-21-17-9-5-4-7-15(17)18-10-8-14(13)17;/h4-5,7,9,12-14H,3,6,8,10-11H2,1-2H3,(H,19,20);1H. The number of aliphatic imine (C=N–C) groups is 1. The number of hydrogen-bond acceptors (Lipinski definition) is 3. The van der Waals surface area contributed by atoms with Gasteiger partial charge in [-0.25, -0.2) is 0 Å². The molecule has 1 amide bonds. The summed E-state index contributed by atoms with van der Waals surface area (Å²) < 4.78 is -0.0387. The van der Waals surface area contributed by atoms with Gasteiger partial charge in [-0.2, -0.15) is 0 Å². The molecule has 2 aliphatic heterocycles. The van der Waals surface area contributed by atoms with Crippen molar-refractivity contribution in [2.45, 2.75) is 43.9 Å². The summed E-state index contributed by atoms with van der Waals surface area (Å²) >= 11 is 1.90. The summed E-state index contributed by atoms with van der Waals surface area (Å²) in [5.74, 6) is 1.67. The number of rotatable bonds is 4. The smallest absolute Gasteiger partial charge is 0.224 e. The van der Waals surface area contributed by atoms with E-state index in [9.17, 15) is 4.79 Å². The first-order valence-electron chi connectivity index (χ1n) is 8.02. The van der Waals surface area contributed by atoms with E-state index in [1.54, 1.807) is 0 Å². The predicted octanol–water partition coefficient (Wildman–Crippen LogP) is 3.40. The first-order chi connectivity index (χ1) is 10.2. The molecule has 1 fully saturated rings. The average molecular weight is 341 g/mol. The zero-order valence-corrected chi connectivity index (χ0v) is 14.9. The summed E-state index contributed by atoms with van der Waals surface area (Å²) in [5.41, 5.74) is 1.17. The van der Waals surface area contributed by atoms with E-state index in [0.717, 1.165) is 31.6 Å². The molecule has 4 atom stereocenters. The summed E-state index contributed by atoms with van der Waals surface area (Å²) in [7, 11) is 0. The molecule has 3 rings (SSSR count). The molecule has 3 nitrogen and oxygen atoms in total.